The molecule has 3 aromatic rings. The second-order valence-electron chi connectivity index (χ2n) is 5.38. The average molecular weight is 361 g/mol. The van der Waals surface area contributed by atoms with E-state index in [9.17, 15) is 13.2 Å². The molecule has 2 aromatic heterocycles. The van der Waals surface area contributed by atoms with E-state index in [1.54, 1.807) is 37.3 Å². The summed E-state index contributed by atoms with van der Waals surface area (Å²) < 4.78 is 43.5. The molecule has 2 heterocycles. The second-order valence-corrected chi connectivity index (χ2v) is 5.38. The normalized spacial score (nSPS) is 11.2. The van der Waals surface area contributed by atoms with Crippen molar-refractivity contribution in [3.8, 4) is 11.5 Å². The van der Waals surface area contributed by atoms with E-state index in [1.807, 2.05) is 0 Å². The number of nitrogens with two attached hydrogens (primary N) is 1. The molecule has 6 nitrogen and oxygen atoms in total. The van der Waals surface area contributed by atoms with Crippen LogP contribution in [0.15, 0.2) is 48.7 Å². The number of rotatable bonds is 4. The Bertz CT molecular complexity index is 893. The van der Waals surface area contributed by atoms with Crippen molar-refractivity contribution in [3.63, 3.8) is 0 Å². The van der Waals surface area contributed by atoms with Gasteiger partial charge in [0, 0.05) is 29.7 Å². The molecule has 0 radical (unpaired) electrons. The largest absolute Gasteiger partial charge is 0.457 e. The lowest BCUT2D eigenvalue weighted by Gasteiger charge is -2.10. The highest BCUT2D eigenvalue weighted by atomic mass is 19.4. The zero-order valence-corrected chi connectivity index (χ0v) is 13.6. The van der Waals surface area contributed by atoms with Crippen LogP contribution in [0.1, 0.15) is 11.4 Å². The maximum absolute atomic E-state index is 12.7. The van der Waals surface area contributed by atoms with Crippen molar-refractivity contribution < 1.29 is 17.9 Å². The fourth-order valence-corrected chi connectivity index (χ4v) is 2.18. The van der Waals surface area contributed by atoms with E-state index < -0.39 is 11.9 Å². The van der Waals surface area contributed by atoms with Crippen LogP contribution in [-0.2, 0) is 6.18 Å². The van der Waals surface area contributed by atoms with E-state index in [1.165, 1.54) is 6.07 Å². The lowest BCUT2D eigenvalue weighted by atomic mass is 10.3. The Balaban J connectivity index is 1.72. The summed E-state index contributed by atoms with van der Waals surface area (Å²) in [7, 11) is 0. The number of ether oxygens (including phenoxy) is 1. The topological polar surface area (TPSA) is 86.0 Å². The second kappa shape index (κ2) is 6.87. The van der Waals surface area contributed by atoms with Gasteiger partial charge in [0.1, 0.15) is 23.0 Å². The van der Waals surface area contributed by atoms with E-state index in [4.69, 9.17) is 10.5 Å². The highest BCUT2D eigenvalue weighted by Crippen LogP contribution is 2.31. The van der Waals surface area contributed by atoms with Gasteiger partial charge in [-0.1, -0.05) is 0 Å². The number of alkyl halides is 3. The first kappa shape index (κ1) is 17.5. The monoisotopic (exact) mass is 361 g/mol. The van der Waals surface area contributed by atoms with Crippen molar-refractivity contribution in [1.82, 2.24) is 15.0 Å². The van der Waals surface area contributed by atoms with E-state index in [-0.39, 0.29) is 11.7 Å². The third kappa shape index (κ3) is 4.38. The number of halogens is 3. The number of nitrogen functional groups attached to an aromatic ring is 1. The van der Waals surface area contributed by atoms with Crippen LogP contribution in [0.4, 0.5) is 30.6 Å². The molecule has 134 valence electrons. The van der Waals surface area contributed by atoms with Crippen molar-refractivity contribution in [2.24, 2.45) is 0 Å². The molecule has 26 heavy (non-hydrogen) atoms. The number of nitrogens with one attached hydrogen (secondary N) is 1. The number of hydrogen-bond acceptors (Lipinski definition) is 6. The average Bonchev–Trinajstić information content (AvgIpc) is 2.55. The van der Waals surface area contributed by atoms with Crippen LogP contribution < -0.4 is 15.8 Å². The molecule has 0 saturated heterocycles. The number of aromatic nitrogens is 3. The van der Waals surface area contributed by atoms with Crippen LogP contribution in [0, 0.1) is 6.92 Å². The predicted molar refractivity (Wildman–Crippen MR) is 90.2 cm³/mol. The fourth-order valence-electron chi connectivity index (χ4n) is 2.18. The molecule has 9 heteroatoms. The van der Waals surface area contributed by atoms with Crippen LogP contribution in [-0.4, -0.2) is 15.0 Å². The summed E-state index contributed by atoms with van der Waals surface area (Å²) in [6.45, 7) is 1.80. The highest BCUT2D eigenvalue weighted by molar-refractivity contribution is 5.58. The third-order valence-corrected chi connectivity index (χ3v) is 3.26. The molecular formula is C17H14F3N5O. The van der Waals surface area contributed by atoms with Gasteiger partial charge in [-0.15, -0.1) is 0 Å². The molecule has 1 aromatic carbocycles. The van der Waals surface area contributed by atoms with Gasteiger partial charge >= 0.3 is 6.18 Å². The molecule has 3 N–H and O–H groups in total. The summed E-state index contributed by atoms with van der Waals surface area (Å²) in [4.78, 5) is 11.3. The lowest BCUT2D eigenvalue weighted by Crippen LogP contribution is -2.07. The van der Waals surface area contributed by atoms with Gasteiger partial charge in [0.05, 0.1) is 0 Å². The van der Waals surface area contributed by atoms with E-state index >= 15 is 0 Å². The predicted octanol–water partition coefficient (Wildman–Crippen LogP) is 4.32. The number of anilines is 3. The Morgan fingerprint density at radius 1 is 1.00 bits per heavy atom. The lowest BCUT2D eigenvalue weighted by molar-refractivity contribution is -0.141. The molecule has 0 aliphatic rings. The summed E-state index contributed by atoms with van der Waals surface area (Å²) in [6, 6.07) is 10.6. The fraction of sp³-hybridized carbons (Fsp3) is 0.118. The molecule has 0 aliphatic heterocycles. The maximum Gasteiger partial charge on any atom is 0.433 e. The molecule has 0 atom stereocenters. The SMILES string of the molecule is Cc1cc(Nc2ccc(Oc3ccnc(C(F)(F)F)c3)cc2)nc(N)n1. The van der Waals surface area contributed by atoms with Crippen LogP contribution in [0.2, 0.25) is 0 Å². The Labute approximate surface area is 146 Å². The molecule has 0 unspecified atom stereocenters. The van der Waals surface area contributed by atoms with Gasteiger partial charge in [0.15, 0.2) is 0 Å². The van der Waals surface area contributed by atoms with Gasteiger partial charge in [0.25, 0.3) is 0 Å². The van der Waals surface area contributed by atoms with Crippen molar-refractivity contribution in [2.45, 2.75) is 13.1 Å². The van der Waals surface area contributed by atoms with Gasteiger partial charge in [-0.25, -0.2) is 4.98 Å². The minimum Gasteiger partial charge on any atom is -0.457 e. The standard InChI is InChI=1S/C17H14F3N5O/c1-10-8-15(25-16(21)23-10)24-11-2-4-12(5-3-11)26-13-6-7-22-14(9-13)17(18,19)20/h2-9H,1H3,(H3,21,23,24,25). The number of benzene rings is 1. The Morgan fingerprint density at radius 3 is 2.38 bits per heavy atom. The first-order valence-corrected chi connectivity index (χ1v) is 7.49. The zero-order valence-electron chi connectivity index (χ0n) is 13.6. The Hall–Kier alpha value is -3.36. The van der Waals surface area contributed by atoms with E-state index in [0.29, 0.717) is 17.3 Å². The molecule has 0 aliphatic carbocycles. The maximum atomic E-state index is 12.7. The van der Waals surface area contributed by atoms with Crippen LogP contribution in [0.5, 0.6) is 11.5 Å². The Morgan fingerprint density at radius 2 is 1.73 bits per heavy atom. The molecule has 0 bridgehead atoms. The minimum absolute atomic E-state index is 0.0484. The molecule has 0 saturated carbocycles. The van der Waals surface area contributed by atoms with Crippen LogP contribution >= 0.6 is 0 Å². The van der Waals surface area contributed by atoms with Crippen LogP contribution in [0.25, 0.3) is 0 Å². The first-order chi connectivity index (χ1) is 12.3. The molecular weight excluding hydrogens is 347 g/mol. The molecule has 3 rings (SSSR count). The van der Waals surface area contributed by atoms with Crippen LogP contribution in [0.3, 0.4) is 0 Å². The summed E-state index contributed by atoms with van der Waals surface area (Å²) in [6.07, 6.45) is -3.47. The number of nitrogens with zero attached hydrogens (tertiary/aromatic N) is 3. The quantitative estimate of drug-likeness (QED) is 0.720. The first-order valence-electron chi connectivity index (χ1n) is 7.49. The minimum atomic E-state index is -4.52. The Kier molecular flexibility index (Phi) is 4.61. The summed E-state index contributed by atoms with van der Waals surface area (Å²) in [5.41, 5.74) is 6.02. The smallest absolute Gasteiger partial charge is 0.433 e. The number of aryl methyl sites for hydroxylation is 1. The summed E-state index contributed by atoms with van der Waals surface area (Å²) >= 11 is 0. The van der Waals surface area contributed by atoms with Gasteiger partial charge < -0.3 is 15.8 Å². The van der Waals surface area contributed by atoms with Gasteiger partial charge in [0.2, 0.25) is 5.95 Å². The zero-order chi connectivity index (χ0) is 18.7. The summed E-state index contributed by atoms with van der Waals surface area (Å²) in [5, 5.41) is 3.06. The van der Waals surface area contributed by atoms with Gasteiger partial charge in [-0.2, -0.15) is 18.2 Å². The van der Waals surface area contributed by atoms with Crippen molar-refractivity contribution in [3.05, 3.63) is 60.0 Å². The van der Waals surface area contributed by atoms with E-state index in [0.717, 1.165) is 18.0 Å². The van der Waals surface area contributed by atoms with Crippen molar-refractivity contribution in [1.29, 1.82) is 0 Å². The third-order valence-electron chi connectivity index (χ3n) is 3.26. The van der Waals surface area contributed by atoms with Gasteiger partial charge in [-0.3, -0.25) is 4.98 Å². The van der Waals surface area contributed by atoms with Crippen molar-refractivity contribution >= 4 is 17.5 Å². The van der Waals surface area contributed by atoms with Crippen molar-refractivity contribution in [2.75, 3.05) is 11.1 Å². The van der Waals surface area contributed by atoms with Gasteiger partial charge in [-0.05, 0) is 37.3 Å². The summed E-state index contributed by atoms with van der Waals surface area (Å²) in [5.74, 6) is 1.12. The molecule has 0 amide bonds. The molecule has 0 fully saturated rings. The molecule has 0 spiro atoms. The number of pyridine rings is 1. The van der Waals surface area contributed by atoms with E-state index in [2.05, 4.69) is 20.3 Å². The highest BCUT2D eigenvalue weighted by Gasteiger charge is 2.32. The number of hydrogen-bond donors (Lipinski definition) is 2.